The van der Waals surface area contributed by atoms with Crippen LogP contribution >= 0.6 is 0 Å². The van der Waals surface area contributed by atoms with Crippen molar-refractivity contribution < 1.29 is 12.6 Å². The monoisotopic (exact) mass is 322 g/mol. The van der Waals surface area contributed by atoms with Crippen molar-refractivity contribution in [2.24, 2.45) is 0 Å². The summed E-state index contributed by atoms with van der Waals surface area (Å²) < 4.78 is 26.8. The first-order chi connectivity index (χ1) is 10.6. The topological polar surface area (TPSA) is 43.4 Å². The Bertz CT molecular complexity index is 570. The first kappa shape index (κ1) is 18.7. The zero-order chi connectivity index (χ0) is 16.3. The van der Waals surface area contributed by atoms with Gasteiger partial charge < -0.3 is 0 Å². The van der Waals surface area contributed by atoms with Gasteiger partial charge in [0, 0.05) is 0 Å². The van der Waals surface area contributed by atoms with E-state index in [1.807, 2.05) is 13.8 Å². The third-order valence-corrected chi connectivity index (χ3v) is 4.48. The van der Waals surface area contributed by atoms with Gasteiger partial charge in [0.15, 0.2) is 0 Å². The van der Waals surface area contributed by atoms with Crippen LogP contribution in [0.15, 0.2) is 48.5 Å². The van der Waals surface area contributed by atoms with E-state index in [1.165, 1.54) is 10.8 Å². The average Bonchev–Trinajstić information content (AvgIpc) is 2.54. The summed E-state index contributed by atoms with van der Waals surface area (Å²) in [5.41, 5.74) is 0. The number of fused-ring (bicyclic) bond motifs is 1. The van der Waals surface area contributed by atoms with Crippen molar-refractivity contribution in [3.63, 3.8) is 0 Å². The van der Waals surface area contributed by atoms with Gasteiger partial charge in [-0.15, -0.1) is 0 Å². The van der Waals surface area contributed by atoms with E-state index >= 15 is 0 Å². The highest BCUT2D eigenvalue weighted by molar-refractivity contribution is 7.86. The second-order valence-electron chi connectivity index (χ2n) is 5.14. The van der Waals surface area contributed by atoms with E-state index < -0.39 is 10.1 Å². The zero-order valence-electron chi connectivity index (χ0n) is 13.5. The molecule has 3 nitrogen and oxygen atoms in total. The third-order valence-electron chi connectivity index (χ3n) is 3.17. The number of rotatable bonds is 7. The highest BCUT2D eigenvalue weighted by Crippen LogP contribution is 2.11. The molecule has 0 bridgehead atoms. The molecule has 0 unspecified atom stereocenters. The number of unbranched alkanes of at least 4 members (excludes halogenated alkanes) is 2. The molecule has 0 saturated carbocycles. The molecule has 2 aromatic carbocycles. The van der Waals surface area contributed by atoms with Gasteiger partial charge in [0.2, 0.25) is 0 Å². The van der Waals surface area contributed by atoms with Gasteiger partial charge in [0.05, 0.1) is 12.4 Å². The molecule has 0 spiro atoms. The van der Waals surface area contributed by atoms with Crippen LogP contribution in [0, 0.1) is 0 Å². The lowest BCUT2D eigenvalue weighted by Crippen LogP contribution is -2.11. The normalized spacial score (nSPS) is 11.0. The van der Waals surface area contributed by atoms with Gasteiger partial charge in [0.1, 0.15) is 0 Å². The van der Waals surface area contributed by atoms with Crippen molar-refractivity contribution in [3.8, 4) is 0 Å². The molecule has 0 aliphatic carbocycles. The third kappa shape index (κ3) is 7.57. The van der Waals surface area contributed by atoms with Crippen LogP contribution in [0.5, 0.6) is 0 Å². The molecule has 0 aliphatic rings. The average molecular weight is 322 g/mol. The molecule has 0 atom stereocenters. The van der Waals surface area contributed by atoms with Crippen molar-refractivity contribution in [1.29, 1.82) is 0 Å². The van der Waals surface area contributed by atoms with Crippen LogP contribution in [0.1, 0.15) is 39.5 Å². The number of hydrogen-bond donors (Lipinski definition) is 0. The Labute approximate surface area is 134 Å². The van der Waals surface area contributed by atoms with Gasteiger partial charge in [-0.05, 0) is 23.6 Å². The van der Waals surface area contributed by atoms with Gasteiger partial charge >= 0.3 is 0 Å². The molecule has 0 saturated heterocycles. The van der Waals surface area contributed by atoms with Crippen molar-refractivity contribution in [2.75, 3.05) is 12.4 Å². The minimum atomic E-state index is -3.22. The highest BCUT2D eigenvalue weighted by Gasteiger charge is 2.08. The molecule has 0 aliphatic heterocycles. The number of benzene rings is 2. The Hall–Kier alpha value is -1.39. The molecule has 2 aromatic rings. The number of hydrogen-bond acceptors (Lipinski definition) is 3. The zero-order valence-corrected chi connectivity index (χ0v) is 14.3. The minimum Gasteiger partial charge on any atom is -0.270 e. The van der Waals surface area contributed by atoms with Crippen LogP contribution in [-0.4, -0.2) is 20.8 Å². The fourth-order valence-electron chi connectivity index (χ4n) is 1.84. The van der Waals surface area contributed by atoms with E-state index in [-0.39, 0.29) is 5.75 Å². The summed E-state index contributed by atoms with van der Waals surface area (Å²) in [6.07, 6.45) is 3.35. The smallest absolute Gasteiger partial charge is 0.267 e. The standard InChI is InChI=1S/C10H8.C8H18O3S/c1-2-6-10-8-4-3-7-9(10)5-1;1-3-5-7-11-12(9,10)8-6-4-2/h1-8H;3-8H2,1-2H3. The molecule has 0 aromatic heterocycles. The second kappa shape index (κ2) is 10.4. The van der Waals surface area contributed by atoms with Crippen LogP contribution < -0.4 is 0 Å². The molecule has 0 N–H and O–H groups in total. The van der Waals surface area contributed by atoms with Gasteiger partial charge in [-0.2, -0.15) is 8.42 Å². The molecule has 4 heteroatoms. The van der Waals surface area contributed by atoms with Crippen LogP contribution in [0.3, 0.4) is 0 Å². The lowest BCUT2D eigenvalue weighted by Gasteiger charge is -2.02. The maximum atomic E-state index is 11.0. The van der Waals surface area contributed by atoms with Crippen molar-refractivity contribution in [3.05, 3.63) is 48.5 Å². The maximum absolute atomic E-state index is 11.0. The van der Waals surface area contributed by atoms with Crippen molar-refractivity contribution in [2.45, 2.75) is 39.5 Å². The summed E-state index contributed by atoms with van der Waals surface area (Å²) in [6, 6.07) is 16.7. The highest BCUT2D eigenvalue weighted by atomic mass is 32.2. The predicted molar refractivity (Wildman–Crippen MR) is 93.5 cm³/mol. The van der Waals surface area contributed by atoms with Crippen molar-refractivity contribution in [1.82, 2.24) is 0 Å². The van der Waals surface area contributed by atoms with Crippen LogP contribution in [-0.2, 0) is 14.3 Å². The summed E-state index contributed by atoms with van der Waals surface area (Å²) in [7, 11) is -3.22. The summed E-state index contributed by atoms with van der Waals surface area (Å²) in [5.74, 6) is 0.160. The minimum absolute atomic E-state index is 0.160. The predicted octanol–water partition coefficient (Wildman–Crippen LogP) is 4.77. The van der Waals surface area contributed by atoms with E-state index in [0.29, 0.717) is 13.0 Å². The molecule has 22 heavy (non-hydrogen) atoms. The molecule has 0 heterocycles. The summed E-state index contributed by atoms with van der Waals surface area (Å²) in [4.78, 5) is 0. The van der Waals surface area contributed by atoms with E-state index in [9.17, 15) is 8.42 Å². The van der Waals surface area contributed by atoms with Gasteiger partial charge in [-0.1, -0.05) is 75.2 Å². The van der Waals surface area contributed by atoms with Crippen LogP contribution in [0.4, 0.5) is 0 Å². The van der Waals surface area contributed by atoms with Gasteiger partial charge in [-0.25, -0.2) is 0 Å². The van der Waals surface area contributed by atoms with Crippen LogP contribution in [0.25, 0.3) is 10.8 Å². The lowest BCUT2D eigenvalue weighted by atomic mass is 10.1. The van der Waals surface area contributed by atoms with Crippen molar-refractivity contribution >= 4 is 20.9 Å². The molecule has 0 amide bonds. The molecular weight excluding hydrogens is 296 g/mol. The first-order valence-corrected chi connectivity index (χ1v) is 9.47. The maximum Gasteiger partial charge on any atom is 0.267 e. The van der Waals surface area contributed by atoms with E-state index in [1.54, 1.807) is 0 Å². The second-order valence-corrected chi connectivity index (χ2v) is 6.90. The van der Waals surface area contributed by atoms with Crippen LogP contribution in [0.2, 0.25) is 0 Å². The first-order valence-electron chi connectivity index (χ1n) is 7.90. The Kier molecular flexibility index (Phi) is 8.78. The Morgan fingerprint density at radius 3 is 1.68 bits per heavy atom. The van der Waals surface area contributed by atoms with Gasteiger partial charge in [0.25, 0.3) is 10.1 Å². The Morgan fingerprint density at radius 1 is 0.818 bits per heavy atom. The molecule has 0 radical (unpaired) electrons. The Balaban J connectivity index is 0.000000222. The molecule has 2 rings (SSSR count). The van der Waals surface area contributed by atoms with E-state index in [4.69, 9.17) is 4.18 Å². The summed E-state index contributed by atoms with van der Waals surface area (Å²) in [6.45, 7) is 4.30. The SMILES string of the molecule is CCCCOS(=O)(=O)CCCC.c1ccc2ccccc2c1. The fraction of sp³-hybridized carbons (Fsp3) is 0.444. The van der Waals surface area contributed by atoms with E-state index in [2.05, 4.69) is 48.5 Å². The molecule has 122 valence electrons. The quantitative estimate of drug-likeness (QED) is 0.544. The molecular formula is C18H26O3S. The Morgan fingerprint density at radius 2 is 1.27 bits per heavy atom. The molecule has 0 fully saturated rings. The fourth-order valence-corrected chi connectivity index (χ4v) is 2.98. The summed E-state index contributed by atoms with van der Waals surface area (Å²) >= 11 is 0. The lowest BCUT2D eigenvalue weighted by molar-refractivity contribution is 0.310. The van der Waals surface area contributed by atoms with E-state index in [0.717, 1.165) is 19.3 Å². The largest absolute Gasteiger partial charge is 0.270 e. The van der Waals surface area contributed by atoms with Gasteiger partial charge in [-0.3, -0.25) is 4.18 Å². The summed E-state index contributed by atoms with van der Waals surface area (Å²) in [5, 5.41) is 2.62.